The molecular formula is C13H14BrN3O2. The molecule has 1 aromatic heterocycles. The third kappa shape index (κ3) is 3.35. The van der Waals surface area contributed by atoms with Crippen LogP contribution in [-0.4, -0.2) is 10.9 Å². The Morgan fingerprint density at radius 3 is 2.95 bits per heavy atom. The number of nitrogens with one attached hydrogen (secondary N) is 1. The van der Waals surface area contributed by atoms with Crippen LogP contribution in [0.25, 0.3) is 0 Å². The van der Waals surface area contributed by atoms with Crippen LogP contribution in [0.5, 0.6) is 0 Å². The number of nitrogens with zero attached hydrogens (tertiary/aromatic N) is 1. The van der Waals surface area contributed by atoms with Crippen LogP contribution < -0.4 is 11.1 Å². The van der Waals surface area contributed by atoms with Gasteiger partial charge in [-0.05, 0) is 34.1 Å². The van der Waals surface area contributed by atoms with E-state index in [0.717, 1.165) is 16.7 Å². The van der Waals surface area contributed by atoms with Crippen LogP contribution in [0.4, 0.5) is 5.69 Å². The van der Waals surface area contributed by atoms with Crippen LogP contribution in [0.1, 0.15) is 28.9 Å². The van der Waals surface area contributed by atoms with Crippen molar-refractivity contribution in [1.29, 1.82) is 0 Å². The maximum absolute atomic E-state index is 11.9. The minimum atomic E-state index is -0.213. The van der Waals surface area contributed by atoms with E-state index in [0.29, 0.717) is 17.1 Å². The minimum absolute atomic E-state index is 0.213. The molecule has 6 heteroatoms. The van der Waals surface area contributed by atoms with Crippen molar-refractivity contribution in [1.82, 2.24) is 10.3 Å². The normalized spacial score (nSPS) is 10.4. The number of amides is 1. The molecule has 1 amide bonds. The van der Waals surface area contributed by atoms with E-state index in [-0.39, 0.29) is 12.5 Å². The first-order valence-electron chi connectivity index (χ1n) is 5.87. The molecule has 0 spiro atoms. The van der Waals surface area contributed by atoms with Crippen molar-refractivity contribution < 1.29 is 9.21 Å². The first kappa shape index (κ1) is 13.6. The van der Waals surface area contributed by atoms with Crippen LogP contribution in [0, 0.1) is 0 Å². The molecule has 1 aromatic carbocycles. The summed E-state index contributed by atoms with van der Waals surface area (Å²) < 4.78 is 6.17. The molecule has 100 valence electrons. The van der Waals surface area contributed by atoms with Crippen molar-refractivity contribution in [2.24, 2.45) is 0 Å². The molecule has 0 fully saturated rings. The summed E-state index contributed by atoms with van der Waals surface area (Å²) in [6.07, 6.45) is 2.45. The number of rotatable bonds is 4. The van der Waals surface area contributed by atoms with Gasteiger partial charge in [-0.25, -0.2) is 4.98 Å². The lowest BCUT2D eigenvalue weighted by molar-refractivity contribution is 0.0947. The molecule has 0 bridgehead atoms. The zero-order valence-electron chi connectivity index (χ0n) is 10.4. The predicted molar refractivity (Wildman–Crippen MR) is 75.6 cm³/mol. The number of carbonyl (C=O) groups excluding carboxylic acids is 1. The Morgan fingerprint density at radius 2 is 2.32 bits per heavy atom. The van der Waals surface area contributed by atoms with E-state index < -0.39 is 0 Å². The van der Waals surface area contributed by atoms with Crippen molar-refractivity contribution in [3.63, 3.8) is 0 Å². The average Bonchev–Trinajstić information content (AvgIpc) is 2.87. The van der Waals surface area contributed by atoms with E-state index in [1.54, 1.807) is 24.4 Å². The summed E-state index contributed by atoms with van der Waals surface area (Å²) in [7, 11) is 0. The molecule has 0 aliphatic rings. The summed E-state index contributed by atoms with van der Waals surface area (Å²) in [6.45, 7) is 2.24. The van der Waals surface area contributed by atoms with Gasteiger partial charge in [0.05, 0.1) is 12.7 Å². The molecule has 0 atom stereocenters. The number of aryl methyl sites for hydroxylation is 1. The van der Waals surface area contributed by atoms with Crippen molar-refractivity contribution >= 4 is 27.5 Å². The smallest absolute Gasteiger partial charge is 0.251 e. The highest BCUT2D eigenvalue weighted by Gasteiger charge is 2.09. The van der Waals surface area contributed by atoms with Gasteiger partial charge in [0, 0.05) is 22.1 Å². The number of nitrogen functional groups attached to an aromatic ring is 1. The van der Waals surface area contributed by atoms with Gasteiger partial charge in [-0.15, -0.1) is 0 Å². The fourth-order valence-electron chi connectivity index (χ4n) is 1.54. The van der Waals surface area contributed by atoms with Crippen LogP contribution in [0.3, 0.4) is 0 Å². The second-order valence-electron chi connectivity index (χ2n) is 3.99. The van der Waals surface area contributed by atoms with Crippen molar-refractivity contribution in [3.05, 3.63) is 46.1 Å². The molecule has 0 aliphatic heterocycles. The molecule has 2 aromatic rings. The Hall–Kier alpha value is -1.82. The number of carbonyl (C=O) groups is 1. The average molecular weight is 324 g/mol. The first-order valence-corrected chi connectivity index (χ1v) is 6.66. The molecule has 19 heavy (non-hydrogen) atoms. The number of hydrogen-bond donors (Lipinski definition) is 2. The minimum Gasteiger partial charge on any atom is -0.444 e. The Kier molecular flexibility index (Phi) is 4.21. The molecule has 2 rings (SSSR count). The second kappa shape index (κ2) is 5.88. The Balaban J connectivity index is 1.99. The van der Waals surface area contributed by atoms with Gasteiger partial charge in [-0.1, -0.05) is 6.92 Å². The third-order valence-corrected chi connectivity index (χ3v) is 3.33. The summed E-state index contributed by atoms with van der Waals surface area (Å²) >= 11 is 3.28. The van der Waals surface area contributed by atoms with E-state index in [1.807, 2.05) is 6.92 Å². The van der Waals surface area contributed by atoms with Crippen molar-refractivity contribution in [3.8, 4) is 0 Å². The molecule has 5 nitrogen and oxygen atoms in total. The van der Waals surface area contributed by atoms with Gasteiger partial charge < -0.3 is 15.5 Å². The van der Waals surface area contributed by atoms with Crippen molar-refractivity contribution in [2.45, 2.75) is 19.9 Å². The topological polar surface area (TPSA) is 81.2 Å². The van der Waals surface area contributed by atoms with Gasteiger partial charge in [0.2, 0.25) is 5.89 Å². The van der Waals surface area contributed by atoms with Crippen LogP contribution >= 0.6 is 15.9 Å². The van der Waals surface area contributed by atoms with Crippen molar-refractivity contribution in [2.75, 3.05) is 5.73 Å². The Bertz CT molecular complexity index is 595. The van der Waals surface area contributed by atoms with E-state index in [9.17, 15) is 4.79 Å². The van der Waals surface area contributed by atoms with Crippen LogP contribution in [0.2, 0.25) is 0 Å². The highest BCUT2D eigenvalue weighted by atomic mass is 79.9. The van der Waals surface area contributed by atoms with E-state index >= 15 is 0 Å². The van der Waals surface area contributed by atoms with Gasteiger partial charge >= 0.3 is 0 Å². The molecular weight excluding hydrogens is 310 g/mol. The Morgan fingerprint density at radius 1 is 1.53 bits per heavy atom. The number of benzene rings is 1. The van der Waals surface area contributed by atoms with E-state index in [2.05, 4.69) is 26.2 Å². The lowest BCUT2D eigenvalue weighted by atomic mass is 10.2. The highest BCUT2D eigenvalue weighted by molar-refractivity contribution is 9.10. The number of anilines is 1. The molecule has 0 aliphatic carbocycles. The van der Waals surface area contributed by atoms with Gasteiger partial charge in [-0.3, -0.25) is 4.79 Å². The zero-order valence-corrected chi connectivity index (χ0v) is 12.0. The molecule has 3 N–H and O–H groups in total. The predicted octanol–water partition coefficient (Wildman–Crippen LogP) is 2.51. The van der Waals surface area contributed by atoms with Crippen LogP contribution in [-0.2, 0) is 13.0 Å². The maximum Gasteiger partial charge on any atom is 0.251 e. The number of oxazole rings is 1. The largest absolute Gasteiger partial charge is 0.444 e. The first-order chi connectivity index (χ1) is 9.10. The second-order valence-corrected chi connectivity index (χ2v) is 4.85. The van der Waals surface area contributed by atoms with Gasteiger partial charge in [0.15, 0.2) is 0 Å². The SMILES string of the molecule is CCc1cnc(CNC(=O)c2ccc(Br)c(N)c2)o1. The summed E-state index contributed by atoms with van der Waals surface area (Å²) in [6, 6.07) is 5.06. The lowest BCUT2D eigenvalue weighted by Gasteiger charge is -2.04. The van der Waals surface area contributed by atoms with Crippen LogP contribution in [0.15, 0.2) is 33.3 Å². The molecule has 0 unspecified atom stereocenters. The molecule has 0 radical (unpaired) electrons. The zero-order chi connectivity index (χ0) is 13.8. The highest BCUT2D eigenvalue weighted by Crippen LogP contribution is 2.20. The van der Waals surface area contributed by atoms with Gasteiger partial charge in [0.1, 0.15) is 5.76 Å². The monoisotopic (exact) mass is 323 g/mol. The summed E-state index contributed by atoms with van der Waals surface area (Å²) in [5, 5.41) is 2.73. The number of halogens is 1. The van der Waals surface area contributed by atoms with Gasteiger partial charge in [-0.2, -0.15) is 0 Å². The molecule has 0 saturated heterocycles. The fraction of sp³-hybridized carbons (Fsp3) is 0.231. The number of aromatic nitrogens is 1. The summed E-state index contributed by atoms with van der Waals surface area (Å²) in [5.74, 6) is 1.09. The van der Waals surface area contributed by atoms with Gasteiger partial charge in [0.25, 0.3) is 5.91 Å². The fourth-order valence-corrected chi connectivity index (χ4v) is 1.78. The summed E-state index contributed by atoms with van der Waals surface area (Å²) in [5.41, 5.74) is 6.76. The lowest BCUT2D eigenvalue weighted by Crippen LogP contribution is -2.23. The van der Waals surface area contributed by atoms with E-state index in [1.165, 1.54) is 0 Å². The molecule has 0 saturated carbocycles. The number of hydrogen-bond acceptors (Lipinski definition) is 4. The molecule has 1 heterocycles. The maximum atomic E-state index is 11.9. The summed E-state index contributed by atoms with van der Waals surface area (Å²) in [4.78, 5) is 16.0. The third-order valence-electron chi connectivity index (χ3n) is 2.61. The standard InChI is InChI=1S/C13H14BrN3O2/c1-2-9-6-16-12(19-9)7-17-13(18)8-3-4-10(14)11(15)5-8/h3-6H,2,7,15H2,1H3,(H,17,18). The van der Waals surface area contributed by atoms with E-state index in [4.69, 9.17) is 10.2 Å². The number of nitrogens with two attached hydrogens (primary N) is 1. The Labute approximate surface area is 119 Å². The quantitative estimate of drug-likeness (QED) is 0.847.